The van der Waals surface area contributed by atoms with Crippen LogP contribution in [0.25, 0.3) is 10.1 Å². The monoisotopic (exact) mass is 494 g/mol. The fraction of sp³-hybridized carbons (Fsp3) is 0.160. The molecular weight excluding hydrogens is 472 g/mol. The lowest BCUT2D eigenvalue weighted by Gasteiger charge is -2.32. The van der Waals surface area contributed by atoms with E-state index < -0.39 is 22.0 Å². The van der Waals surface area contributed by atoms with Gasteiger partial charge in [0.05, 0.1) is 22.5 Å². The molecule has 1 saturated heterocycles. The molecule has 0 spiro atoms. The van der Waals surface area contributed by atoms with Crippen LogP contribution >= 0.6 is 11.3 Å². The lowest BCUT2D eigenvalue weighted by Crippen LogP contribution is -2.42. The smallest absolute Gasteiger partial charge is 0.259 e. The van der Waals surface area contributed by atoms with Gasteiger partial charge in [0.2, 0.25) is 10.0 Å². The second-order valence-corrected chi connectivity index (χ2v) is 10.8. The third-order valence-corrected chi connectivity index (χ3v) is 8.73. The van der Waals surface area contributed by atoms with Crippen molar-refractivity contribution < 1.29 is 22.7 Å². The van der Waals surface area contributed by atoms with Gasteiger partial charge in [0.15, 0.2) is 0 Å². The predicted molar refractivity (Wildman–Crippen MR) is 131 cm³/mol. The van der Waals surface area contributed by atoms with Gasteiger partial charge < -0.3 is 15.2 Å². The van der Waals surface area contributed by atoms with Crippen LogP contribution in [0.3, 0.4) is 0 Å². The molecule has 1 unspecified atom stereocenters. The highest BCUT2D eigenvalue weighted by Crippen LogP contribution is 2.38. The molecule has 4 aromatic rings. The number of nitrogens with two attached hydrogens (primary N) is 1. The number of amides is 1. The van der Waals surface area contributed by atoms with E-state index in [2.05, 4.69) is 0 Å². The Kier molecular flexibility index (Phi) is 6.09. The minimum atomic E-state index is -3.78. The summed E-state index contributed by atoms with van der Waals surface area (Å²) in [6, 6.07) is 23.2. The number of thiophene rings is 1. The second-order valence-electron chi connectivity index (χ2n) is 7.81. The molecule has 0 bridgehead atoms. The van der Waals surface area contributed by atoms with E-state index >= 15 is 0 Å². The predicted octanol–water partition coefficient (Wildman–Crippen LogP) is 4.55. The molecule has 2 N–H and O–H groups in total. The van der Waals surface area contributed by atoms with Gasteiger partial charge in [0.1, 0.15) is 11.5 Å². The Labute approximate surface area is 201 Å². The third-order valence-electron chi connectivity index (χ3n) is 5.65. The second kappa shape index (κ2) is 9.19. The SMILES string of the molecule is NC(=O)c1sc2ccccc2c1C1CN(S(=O)(=O)c2ccc(Oc3ccccc3)cc2)CCO1. The number of fused-ring (bicyclic) bond motifs is 1. The van der Waals surface area contributed by atoms with Gasteiger partial charge in [-0.1, -0.05) is 36.4 Å². The molecule has 0 aliphatic carbocycles. The number of rotatable bonds is 6. The van der Waals surface area contributed by atoms with E-state index in [0.29, 0.717) is 21.9 Å². The molecule has 1 amide bonds. The van der Waals surface area contributed by atoms with Crippen molar-refractivity contribution in [2.45, 2.75) is 11.0 Å². The number of ether oxygens (including phenoxy) is 2. The molecule has 1 aliphatic heterocycles. The van der Waals surface area contributed by atoms with Crippen molar-refractivity contribution >= 4 is 37.4 Å². The molecule has 0 saturated carbocycles. The van der Waals surface area contributed by atoms with Gasteiger partial charge in [0.25, 0.3) is 5.91 Å². The first kappa shape index (κ1) is 22.5. The maximum Gasteiger partial charge on any atom is 0.259 e. The summed E-state index contributed by atoms with van der Waals surface area (Å²) in [5.41, 5.74) is 6.29. The van der Waals surface area contributed by atoms with Crippen molar-refractivity contribution in [2.75, 3.05) is 19.7 Å². The molecule has 1 fully saturated rings. The molecule has 7 nitrogen and oxygen atoms in total. The zero-order chi connectivity index (χ0) is 23.7. The number of sulfonamides is 1. The first-order valence-electron chi connectivity index (χ1n) is 10.7. The summed E-state index contributed by atoms with van der Waals surface area (Å²) in [6.45, 7) is 0.516. The summed E-state index contributed by atoms with van der Waals surface area (Å²) in [5, 5.41) is 0.855. The van der Waals surface area contributed by atoms with Crippen LogP contribution in [0, 0.1) is 0 Å². The Hall–Kier alpha value is -3.24. The van der Waals surface area contributed by atoms with Gasteiger partial charge in [-0.3, -0.25) is 4.79 Å². The molecule has 0 radical (unpaired) electrons. The highest BCUT2D eigenvalue weighted by molar-refractivity contribution is 7.89. The minimum absolute atomic E-state index is 0.0889. The van der Waals surface area contributed by atoms with Crippen LogP contribution in [0.2, 0.25) is 0 Å². The van der Waals surface area contributed by atoms with Crippen LogP contribution in [-0.4, -0.2) is 38.3 Å². The zero-order valence-electron chi connectivity index (χ0n) is 18.1. The molecule has 34 heavy (non-hydrogen) atoms. The number of hydrogen-bond donors (Lipinski definition) is 1. The van der Waals surface area contributed by atoms with Gasteiger partial charge in [-0.25, -0.2) is 8.42 Å². The van der Waals surface area contributed by atoms with E-state index in [9.17, 15) is 13.2 Å². The molecule has 1 aromatic heterocycles. The van der Waals surface area contributed by atoms with Crippen LogP contribution in [0.15, 0.2) is 83.8 Å². The van der Waals surface area contributed by atoms with Gasteiger partial charge in [0, 0.05) is 23.4 Å². The Morgan fingerprint density at radius 1 is 0.971 bits per heavy atom. The van der Waals surface area contributed by atoms with Gasteiger partial charge in [-0.05, 0) is 47.9 Å². The highest BCUT2D eigenvalue weighted by Gasteiger charge is 2.34. The summed E-state index contributed by atoms with van der Waals surface area (Å²) >= 11 is 1.30. The Balaban J connectivity index is 1.40. The lowest BCUT2D eigenvalue weighted by molar-refractivity contribution is -0.00188. The molecule has 2 heterocycles. The summed E-state index contributed by atoms with van der Waals surface area (Å²) in [7, 11) is -3.78. The molecule has 5 rings (SSSR count). The van der Waals surface area contributed by atoms with Crippen LogP contribution < -0.4 is 10.5 Å². The van der Waals surface area contributed by atoms with E-state index in [4.69, 9.17) is 15.2 Å². The summed E-state index contributed by atoms with van der Waals surface area (Å²) in [4.78, 5) is 12.7. The number of morpholine rings is 1. The molecule has 1 atom stereocenters. The van der Waals surface area contributed by atoms with Crippen molar-refractivity contribution in [1.29, 1.82) is 0 Å². The van der Waals surface area contributed by atoms with Crippen molar-refractivity contribution in [3.8, 4) is 11.5 Å². The topological polar surface area (TPSA) is 98.9 Å². The number of benzene rings is 3. The first-order valence-corrected chi connectivity index (χ1v) is 12.9. The van der Waals surface area contributed by atoms with Crippen LogP contribution in [0.4, 0.5) is 0 Å². The molecule has 1 aliphatic rings. The summed E-state index contributed by atoms with van der Waals surface area (Å²) < 4.78 is 40.8. The van der Waals surface area contributed by atoms with E-state index in [0.717, 1.165) is 10.1 Å². The number of primary amides is 1. The average Bonchev–Trinajstić information content (AvgIpc) is 3.25. The zero-order valence-corrected chi connectivity index (χ0v) is 19.7. The van der Waals surface area contributed by atoms with Gasteiger partial charge >= 0.3 is 0 Å². The Morgan fingerprint density at radius 3 is 2.38 bits per heavy atom. The van der Waals surface area contributed by atoms with E-state index in [1.807, 2.05) is 54.6 Å². The van der Waals surface area contributed by atoms with Crippen molar-refractivity contribution in [3.63, 3.8) is 0 Å². The molecule has 3 aromatic carbocycles. The van der Waals surface area contributed by atoms with Gasteiger partial charge in [-0.2, -0.15) is 4.31 Å². The average molecular weight is 495 g/mol. The third kappa shape index (κ3) is 4.30. The quantitative estimate of drug-likeness (QED) is 0.424. The van der Waals surface area contributed by atoms with E-state index in [1.54, 1.807) is 12.1 Å². The number of para-hydroxylation sites is 1. The summed E-state index contributed by atoms with van der Waals surface area (Å²) in [5.74, 6) is 0.664. The maximum absolute atomic E-state index is 13.4. The minimum Gasteiger partial charge on any atom is -0.457 e. The van der Waals surface area contributed by atoms with Crippen LogP contribution in [0.1, 0.15) is 21.3 Å². The van der Waals surface area contributed by atoms with Crippen molar-refractivity contribution in [2.24, 2.45) is 5.73 Å². The van der Waals surface area contributed by atoms with E-state index in [-0.39, 0.29) is 24.6 Å². The Bertz CT molecular complexity index is 1430. The van der Waals surface area contributed by atoms with Crippen LogP contribution in [-0.2, 0) is 14.8 Å². The van der Waals surface area contributed by atoms with Crippen LogP contribution in [0.5, 0.6) is 11.5 Å². The fourth-order valence-corrected chi connectivity index (χ4v) is 6.57. The Morgan fingerprint density at radius 2 is 1.65 bits per heavy atom. The van der Waals surface area contributed by atoms with Crippen molar-refractivity contribution in [3.05, 3.63) is 89.3 Å². The van der Waals surface area contributed by atoms with Crippen molar-refractivity contribution in [1.82, 2.24) is 4.31 Å². The molecule has 174 valence electrons. The standard InChI is InChI=1S/C25H22N2O5S2/c26-25(28)24-23(20-8-4-5-9-22(20)33-24)21-16-27(14-15-31-21)34(29,30)19-12-10-18(11-13-19)32-17-6-2-1-3-7-17/h1-13,21H,14-16H2,(H2,26,28). The van der Waals surface area contributed by atoms with E-state index in [1.165, 1.54) is 27.8 Å². The first-order chi connectivity index (χ1) is 16.4. The lowest BCUT2D eigenvalue weighted by atomic mass is 10.0. The number of carbonyl (C=O) groups excluding carboxylic acids is 1. The summed E-state index contributed by atoms with van der Waals surface area (Å²) in [6.07, 6.45) is -0.595. The largest absolute Gasteiger partial charge is 0.457 e. The van der Waals surface area contributed by atoms with Gasteiger partial charge in [-0.15, -0.1) is 11.3 Å². The highest BCUT2D eigenvalue weighted by atomic mass is 32.2. The number of nitrogens with zero attached hydrogens (tertiary/aromatic N) is 1. The molecule has 9 heteroatoms. The molecular formula is C25H22N2O5S2. The number of hydrogen-bond acceptors (Lipinski definition) is 6. The fourth-order valence-electron chi connectivity index (χ4n) is 4.04. The normalized spacial score (nSPS) is 17.0. The maximum atomic E-state index is 13.4. The number of carbonyl (C=O) groups is 1.